The molecule has 4 nitrogen and oxygen atoms in total. The molecule has 4 aliphatic heterocycles. The zero-order chi connectivity index (χ0) is 20.4. The number of hydrogen-bond acceptors (Lipinski definition) is 3. The Labute approximate surface area is 173 Å². The standard InChI is InChI=1S/C25H31N3O/c1-5-9-18(6-2)12-26-13-20(19-10-7-8-11-21(19)26)22-27-14-24(3)15-28(22)17-25(4,16-27)23(24)29/h5-11,13,22H,12,14-17H2,1-4H3/b9-5-,18-6+. The zero-order valence-electron chi connectivity index (χ0n) is 18.0. The predicted molar refractivity (Wildman–Crippen MR) is 118 cm³/mol. The number of benzene rings is 1. The van der Waals surface area contributed by atoms with E-state index in [1.807, 2.05) is 0 Å². The topological polar surface area (TPSA) is 28.5 Å². The quantitative estimate of drug-likeness (QED) is 0.726. The lowest BCUT2D eigenvalue weighted by Gasteiger charge is -2.64. The molecule has 0 N–H and O–H groups in total. The monoisotopic (exact) mass is 389 g/mol. The molecule has 0 atom stereocenters. The first-order chi connectivity index (χ1) is 13.9. The van der Waals surface area contributed by atoms with Gasteiger partial charge in [0, 0.05) is 55.4 Å². The van der Waals surface area contributed by atoms with Crippen LogP contribution in [0.1, 0.15) is 39.4 Å². The summed E-state index contributed by atoms with van der Waals surface area (Å²) in [6.07, 6.45) is 9.12. The maximum Gasteiger partial charge on any atom is 0.149 e. The lowest BCUT2D eigenvalue weighted by molar-refractivity contribution is -0.196. The third kappa shape index (κ3) is 2.69. The number of aromatic nitrogens is 1. The van der Waals surface area contributed by atoms with Gasteiger partial charge in [0.05, 0.1) is 17.0 Å². The van der Waals surface area contributed by atoms with Crippen molar-refractivity contribution in [3.8, 4) is 0 Å². The van der Waals surface area contributed by atoms with Crippen LogP contribution in [0.5, 0.6) is 0 Å². The Morgan fingerprint density at radius 3 is 2.28 bits per heavy atom. The molecule has 0 saturated carbocycles. The molecule has 0 aliphatic carbocycles. The zero-order valence-corrected chi connectivity index (χ0v) is 18.0. The van der Waals surface area contributed by atoms with E-state index in [1.165, 1.54) is 22.0 Å². The average molecular weight is 390 g/mol. The summed E-state index contributed by atoms with van der Waals surface area (Å²) in [6.45, 7) is 12.9. The van der Waals surface area contributed by atoms with E-state index >= 15 is 0 Å². The first-order valence-corrected chi connectivity index (χ1v) is 10.8. The summed E-state index contributed by atoms with van der Waals surface area (Å²) in [6, 6.07) is 8.76. The van der Waals surface area contributed by atoms with Crippen LogP contribution in [0.2, 0.25) is 0 Å². The SMILES string of the molecule is C/C=C\C(=C/C)Cn1cc(C2N3CC4(C)CN2CC(C)(C3)C4=O)c2ccccc21. The second-order valence-electron chi connectivity index (χ2n) is 9.73. The van der Waals surface area contributed by atoms with E-state index in [-0.39, 0.29) is 17.0 Å². The molecule has 4 fully saturated rings. The highest BCUT2D eigenvalue weighted by Crippen LogP contribution is 2.52. The lowest BCUT2D eigenvalue weighted by Crippen LogP contribution is -2.75. The summed E-state index contributed by atoms with van der Waals surface area (Å²) in [5.41, 5.74) is 3.55. The van der Waals surface area contributed by atoms with Gasteiger partial charge < -0.3 is 4.57 Å². The van der Waals surface area contributed by atoms with Crippen LogP contribution in [0.25, 0.3) is 10.9 Å². The van der Waals surface area contributed by atoms with Crippen molar-refractivity contribution in [1.82, 2.24) is 14.4 Å². The van der Waals surface area contributed by atoms with E-state index in [1.54, 1.807) is 0 Å². The fourth-order valence-corrected chi connectivity index (χ4v) is 6.25. The normalized spacial score (nSPS) is 36.6. The predicted octanol–water partition coefficient (Wildman–Crippen LogP) is 4.39. The van der Waals surface area contributed by atoms with Crippen LogP contribution in [-0.4, -0.2) is 46.3 Å². The van der Waals surface area contributed by atoms with E-state index in [2.05, 4.69) is 90.8 Å². The minimum atomic E-state index is -0.218. The number of hydrogen-bond donors (Lipinski definition) is 0. The molecule has 0 amide bonds. The molecular weight excluding hydrogens is 358 g/mol. The molecule has 1 aromatic heterocycles. The Morgan fingerprint density at radius 2 is 1.69 bits per heavy atom. The van der Waals surface area contributed by atoms with Crippen LogP contribution in [0.15, 0.2) is 54.3 Å². The van der Waals surface area contributed by atoms with Crippen LogP contribution < -0.4 is 0 Å². The highest BCUT2D eigenvalue weighted by molar-refractivity contribution is 5.93. The van der Waals surface area contributed by atoms with Crippen molar-refractivity contribution in [3.63, 3.8) is 0 Å². The largest absolute Gasteiger partial charge is 0.343 e. The second-order valence-corrected chi connectivity index (χ2v) is 9.73. The van der Waals surface area contributed by atoms with Crippen LogP contribution in [-0.2, 0) is 11.3 Å². The summed E-state index contributed by atoms with van der Waals surface area (Å²) >= 11 is 0. The summed E-state index contributed by atoms with van der Waals surface area (Å²) in [5.74, 6) is 0.474. The number of rotatable bonds is 4. The van der Waals surface area contributed by atoms with Crippen molar-refractivity contribution in [2.75, 3.05) is 26.2 Å². The maximum atomic E-state index is 13.0. The summed E-state index contributed by atoms with van der Waals surface area (Å²) < 4.78 is 2.39. The smallest absolute Gasteiger partial charge is 0.149 e. The molecule has 4 bridgehead atoms. The minimum Gasteiger partial charge on any atom is -0.343 e. The van der Waals surface area contributed by atoms with Crippen molar-refractivity contribution < 1.29 is 4.79 Å². The van der Waals surface area contributed by atoms with Crippen LogP contribution in [0.4, 0.5) is 0 Å². The molecule has 152 valence electrons. The van der Waals surface area contributed by atoms with E-state index in [9.17, 15) is 4.79 Å². The Kier molecular flexibility index (Phi) is 4.17. The van der Waals surface area contributed by atoms with Gasteiger partial charge in [-0.2, -0.15) is 0 Å². The van der Waals surface area contributed by atoms with Crippen molar-refractivity contribution in [1.29, 1.82) is 0 Å². The van der Waals surface area contributed by atoms with Gasteiger partial charge >= 0.3 is 0 Å². The molecule has 6 rings (SSSR count). The Morgan fingerprint density at radius 1 is 1.07 bits per heavy atom. The molecule has 2 aromatic rings. The first-order valence-electron chi connectivity index (χ1n) is 10.8. The van der Waals surface area contributed by atoms with Crippen molar-refractivity contribution >= 4 is 16.7 Å². The number of carbonyl (C=O) groups is 1. The van der Waals surface area contributed by atoms with Crippen molar-refractivity contribution in [2.24, 2.45) is 10.8 Å². The number of Topliss-reactive ketones (excluding diaryl/α,β-unsaturated/α-hetero) is 1. The molecule has 1 aromatic carbocycles. The molecule has 4 heteroatoms. The van der Waals surface area contributed by atoms with E-state index in [4.69, 9.17) is 0 Å². The number of carbonyl (C=O) groups excluding carboxylic acids is 1. The first kappa shape index (κ1) is 18.8. The number of ketones is 1. The Balaban J connectivity index is 1.58. The average Bonchev–Trinajstić information content (AvgIpc) is 3.03. The molecule has 5 heterocycles. The van der Waals surface area contributed by atoms with Gasteiger partial charge in [-0.1, -0.05) is 50.3 Å². The third-order valence-electron chi connectivity index (χ3n) is 7.20. The minimum absolute atomic E-state index is 0.218. The summed E-state index contributed by atoms with van der Waals surface area (Å²) in [4.78, 5) is 18.1. The molecule has 4 aliphatic rings. The molecule has 0 spiro atoms. The van der Waals surface area contributed by atoms with Gasteiger partial charge in [0.1, 0.15) is 5.78 Å². The van der Waals surface area contributed by atoms with Crippen LogP contribution in [0.3, 0.4) is 0 Å². The van der Waals surface area contributed by atoms with Gasteiger partial charge in [0.15, 0.2) is 0 Å². The molecule has 0 unspecified atom stereocenters. The van der Waals surface area contributed by atoms with Gasteiger partial charge in [-0.05, 0) is 25.5 Å². The molecule has 4 saturated heterocycles. The summed E-state index contributed by atoms with van der Waals surface area (Å²) in [7, 11) is 0. The fourth-order valence-electron chi connectivity index (χ4n) is 6.25. The summed E-state index contributed by atoms with van der Waals surface area (Å²) in [5, 5.41) is 1.34. The van der Waals surface area contributed by atoms with E-state index in [0.29, 0.717) is 5.78 Å². The van der Waals surface area contributed by atoms with Crippen molar-refractivity contribution in [2.45, 2.75) is 40.4 Å². The highest BCUT2D eigenvalue weighted by Gasteiger charge is 2.62. The molecule has 29 heavy (non-hydrogen) atoms. The second kappa shape index (κ2) is 6.41. The third-order valence-corrected chi connectivity index (χ3v) is 7.20. The molecule has 0 radical (unpaired) electrons. The van der Waals surface area contributed by atoms with E-state index in [0.717, 1.165) is 32.7 Å². The number of nitrogens with zero attached hydrogens (tertiary/aromatic N) is 3. The van der Waals surface area contributed by atoms with Gasteiger partial charge in [-0.15, -0.1) is 0 Å². The molecular formula is C25H31N3O. The number of para-hydroxylation sites is 1. The maximum absolute atomic E-state index is 13.0. The van der Waals surface area contributed by atoms with Gasteiger partial charge in [0.25, 0.3) is 0 Å². The Bertz CT molecular complexity index is 1000. The Hall–Kier alpha value is -2.17. The highest BCUT2D eigenvalue weighted by atomic mass is 16.1. The van der Waals surface area contributed by atoms with Crippen LogP contribution in [0, 0.1) is 10.8 Å². The fraction of sp³-hybridized carbons (Fsp3) is 0.480. The van der Waals surface area contributed by atoms with Crippen LogP contribution >= 0.6 is 0 Å². The van der Waals surface area contributed by atoms with Crippen molar-refractivity contribution in [3.05, 3.63) is 59.8 Å². The van der Waals surface area contributed by atoms with Gasteiger partial charge in [-0.25, -0.2) is 0 Å². The lowest BCUT2D eigenvalue weighted by atomic mass is 9.62. The van der Waals surface area contributed by atoms with Gasteiger partial charge in [0.2, 0.25) is 0 Å². The van der Waals surface area contributed by atoms with E-state index < -0.39 is 0 Å². The number of fused-ring (bicyclic) bond motifs is 1. The number of allylic oxidation sites excluding steroid dienone is 4. The number of piperidine rings is 2. The van der Waals surface area contributed by atoms with Gasteiger partial charge in [-0.3, -0.25) is 14.6 Å².